The van der Waals surface area contributed by atoms with Crippen molar-refractivity contribution in [3.05, 3.63) is 22.2 Å². The molecule has 1 saturated heterocycles. The topological polar surface area (TPSA) is 96.7 Å². The largest absolute Gasteiger partial charge is 0.444 e. The molecule has 2 bridgehead atoms. The molecule has 0 aromatic rings. The Kier molecular flexibility index (Phi) is 5.37. The molecule has 134 valence electrons. The minimum Gasteiger partial charge on any atom is -0.444 e. The van der Waals surface area contributed by atoms with Crippen molar-refractivity contribution in [2.24, 2.45) is 5.73 Å². The number of carbonyl (C=O) groups is 2. The van der Waals surface area contributed by atoms with Crippen LogP contribution >= 0.6 is 11.8 Å². The molecule has 1 fully saturated rings. The number of rotatable bonds is 3. The molecule has 2 unspecified atom stereocenters. The summed E-state index contributed by atoms with van der Waals surface area (Å²) in [7, 11) is 1.54. The van der Waals surface area contributed by atoms with E-state index in [1.165, 1.54) is 18.8 Å². The summed E-state index contributed by atoms with van der Waals surface area (Å²) in [5.41, 5.74) is 6.43. The van der Waals surface area contributed by atoms with Crippen molar-refractivity contribution in [2.45, 2.75) is 57.7 Å². The third-order valence-electron chi connectivity index (χ3n) is 3.89. The van der Waals surface area contributed by atoms with Gasteiger partial charge in [0.15, 0.2) is 0 Å². The second kappa shape index (κ2) is 6.96. The van der Waals surface area contributed by atoms with Crippen LogP contribution in [0.5, 0.6) is 0 Å². The lowest BCUT2D eigenvalue weighted by Crippen LogP contribution is -2.48. The van der Waals surface area contributed by atoms with Gasteiger partial charge >= 0.3 is 12.1 Å². The zero-order chi connectivity index (χ0) is 18.1. The first-order valence-electron chi connectivity index (χ1n) is 7.97. The van der Waals surface area contributed by atoms with Gasteiger partial charge in [-0.1, -0.05) is 18.3 Å². The van der Waals surface area contributed by atoms with E-state index in [1.807, 2.05) is 20.8 Å². The molecule has 0 saturated carbocycles. The number of hydrogen-bond acceptors (Lipinski definition) is 5. The predicted molar refractivity (Wildman–Crippen MR) is 95.0 cm³/mol. The minimum atomic E-state index is -0.541. The maximum absolute atomic E-state index is 12.6. The molecular formula is C16H26N4O3S. The molecule has 7 nitrogen and oxygen atoms in total. The summed E-state index contributed by atoms with van der Waals surface area (Å²) in [5, 5.41) is 5.58. The summed E-state index contributed by atoms with van der Waals surface area (Å²) < 4.78 is 5.54. The molecule has 0 spiro atoms. The van der Waals surface area contributed by atoms with Gasteiger partial charge in [0.25, 0.3) is 0 Å². The van der Waals surface area contributed by atoms with Gasteiger partial charge in [0.2, 0.25) is 0 Å². The summed E-state index contributed by atoms with van der Waals surface area (Å²) >= 11 is 1.31. The van der Waals surface area contributed by atoms with Gasteiger partial charge in [0.05, 0.1) is 11.1 Å². The van der Waals surface area contributed by atoms with Gasteiger partial charge in [0, 0.05) is 30.1 Å². The van der Waals surface area contributed by atoms with Crippen LogP contribution < -0.4 is 16.4 Å². The zero-order valence-electron chi connectivity index (χ0n) is 14.6. The normalized spacial score (nSPS) is 23.1. The molecule has 8 heteroatoms. The molecule has 24 heavy (non-hydrogen) atoms. The quantitative estimate of drug-likeness (QED) is 0.723. The Morgan fingerprint density at radius 2 is 2.04 bits per heavy atom. The number of urea groups is 1. The first kappa shape index (κ1) is 18.5. The average Bonchev–Trinajstić information content (AvgIpc) is 2.79. The number of hydrogen-bond donors (Lipinski definition) is 3. The Hall–Kier alpha value is -1.83. The van der Waals surface area contributed by atoms with E-state index < -0.39 is 5.60 Å². The fourth-order valence-corrected chi connectivity index (χ4v) is 3.97. The smallest absolute Gasteiger partial charge is 0.411 e. The highest BCUT2D eigenvalue weighted by molar-refractivity contribution is 8.06. The fraction of sp³-hybridized carbons (Fsp3) is 0.625. The highest BCUT2D eigenvalue weighted by atomic mass is 32.2. The zero-order valence-corrected chi connectivity index (χ0v) is 15.5. The third kappa shape index (κ3) is 4.17. The van der Waals surface area contributed by atoms with Gasteiger partial charge in [-0.15, -0.1) is 0 Å². The Morgan fingerprint density at radius 1 is 1.38 bits per heavy atom. The van der Waals surface area contributed by atoms with Crippen LogP contribution in [-0.2, 0) is 4.74 Å². The maximum atomic E-state index is 12.6. The fourth-order valence-electron chi connectivity index (χ4n) is 2.98. The van der Waals surface area contributed by atoms with Crippen LogP contribution in [0.25, 0.3) is 0 Å². The molecule has 0 aromatic heterocycles. The molecule has 2 aliphatic heterocycles. The highest BCUT2D eigenvalue weighted by Gasteiger charge is 2.45. The molecule has 3 amide bonds. The van der Waals surface area contributed by atoms with Crippen molar-refractivity contribution >= 4 is 23.9 Å². The van der Waals surface area contributed by atoms with Crippen LogP contribution in [0, 0.1) is 0 Å². The van der Waals surface area contributed by atoms with E-state index in [-0.39, 0.29) is 24.2 Å². The summed E-state index contributed by atoms with van der Waals surface area (Å²) in [6.45, 7) is 9.41. The van der Waals surface area contributed by atoms with E-state index in [0.717, 1.165) is 23.4 Å². The van der Waals surface area contributed by atoms with Crippen LogP contribution in [-0.4, -0.2) is 41.8 Å². The monoisotopic (exact) mass is 354 g/mol. The van der Waals surface area contributed by atoms with Crippen LogP contribution in [0.2, 0.25) is 0 Å². The van der Waals surface area contributed by atoms with Gasteiger partial charge in [0.1, 0.15) is 5.60 Å². The third-order valence-corrected chi connectivity index (χ3v) is 5.00. The molecule has 2 aliphatic rings. The summed E-state index contributed by atoms with van der Waals surface area (Å²) in [6, 6.07) is -0.378. The number of carbonyl (C=O) groups excluding carboxylic acids is 2. The SMILES string of the molecule is C=C(NC(=O)NC)SC1=C(N)CC2CCC1N2C(=O)OC(C)(C)C. The second-order valence-electron chi connectivity index (χ2n) is 6.96. The number of fused-ring (bicyclic) bond motifs is 2. The Morgan fingerprint density at radius 3 is 2.62 bits per heavy atom. The Labute approximate surface area is 147 Å². The minimum absolute atomic E-state index is 0.0781. The van der Waals surface area contributed by atoms with Crippen LogP contribution in [0.15, 0.2) is 22.2 Å². The number of amides is 3. The Bertz CT molecular complexity index is 582. The van der Waals surface area contributed by atoms with Gasteiger partial charge in [-0.2, -0.15) is 0 Å². The van der Waals surface area contributed by atoms with Crippen molar-refractivity contribution < 1.29 is 14.3 Å². The van der Waals surface area contributed by atoms with Gasteiger partial charge in [-0.25, -0.2) is 9.59 Å². The van der Waals surface area contributed by atoms with Crippen molar-refractivity contribution in [1.29, 1.82) is 0 Å². The lowest BCUT2D eigenvalue weighted by atomic mass is 10.1. The highest BCUT2D eigenvalue weighted by Crippen LogP contribution is 2.44. The van der Waals surface area contributed by atoms with Crippen LogP contribution in [0.4, 0.5) is 9.59 Å². The first-order valence-corrected chi connectivity index (χ1v) is 8.79. The summed E-state index contributed by atoms with van der Waals surface area (Å²) in [5.74, 6) is 0. The van der Waals surface area contributed by atoms with Gasteiger partial charge in [-0.3, -0.25) is 4.90 Å². The van der Waals surface area contributed by atoms with Crippen LogP contribution in [0.1, 0.15) is 40.0 Å². The van der Waals surface area contributed by atoms with E-state index >= 15 is 0 Å². The average molecular weight is 354 g/mol. The van der Waals surface area contributed by atoms with Gasteiger partial charge in [-0.05, 0) is 33.6 Å². The summed E-state index contributed by atoms with van der Waals surface area (Å²) in [6.07, 6.45) is 2.03. The van der Waals surface area contributed by atoms with E-state index in [9.17, 15) is 9.59 Å². The lowest BCUT2D eigenvalue weighted by molar-refractivity contribution is 0.0163. The summed E-state index contributed by atoms with van der Waals surface area (Å²) in [4.78, 5) is 26.6. The van der Waals surface area contributed by atoms with E-state index in [0.29, 0.717) is 11.4 Å². The Balaban J connectivity index is 2.13. The standard InChI is InChI=1S/C16H26N4O3S/c1-9(19-14(21)18-5)24-13-11(17)8-10-6-7-12(13)20(10)15(22)23-16(2,3)4/h10,12H,1,6-8,17H2,2-5H3,(H2,18,19,21). The van der Waals surface area contributed by atoms with E-state index in [4.69, 9.17) is 10.5 Å². The molecule has 2 rings (SSSR count). The number of nitrogens with one attached hydrogen (secondary N) is 2. The molecular weight excluding hydrogens is 328 g/mol. The first-order chi connectivity index (χ1) is 11.1. The molecule has 2 heterocycles. The number of ether oxygens (including phenoxy) is 1. The molecule has 2 atom stereocenters. The van der Waals surface area contributed by atoms with E-state index in [1.54, 1.807) is 4.90 Å². The second-order valence-corrected chi connectivity index (χ2v) is 8.09. The lowest BCUT2D eigenvalue weighted by Gasteiger charge is -2.37. The van der Waals surface area contributed by atoms with Crippen molar-refractivity contribution in [2.75, 3.05) is 7.05 Å². The molecule has 0 aliphatic carbocycles. The number of nitrogens with zero attached hydrogens (tertiary/aromatic N) is 1. The van der Waals surface area contributed by atoms with Gasteiger partial charge < -0.3 is 21.1 Å². The molecule has 4 N–H and O–H groups in total. The number of nitrogens with two attached hydrogens (primary N) is 1. The maximum Gasteiger partial charge on any atom is 0.411 e. The van der Waals surface area contributed by atoms with Crippen molar-refractivity contribution in [3.8, 4) is 0 Å². The molecule has 0 radical (unpaired) electrons. The predicted octanol–water partition coefficient (Wildman–Crippen LogP) is 2.46. The van der Waals surface area contributed by atoms with E-state index in [2.05, 4.69) is 17.2 Å². The van der Waals surface area contributed by atoms with Crippen LogP contribution in [0.3, 0.4) is 0 Å². The number of thioether (sulfide) groups is 1. The molecule has 0 aromatic carbocycles. The van der Waals surface area contributed by atoms with Crippen molar-refractivity contribution in [3.63, 3.8) is 0 Å². The van der Waals surface area contributed by atoms with Crippen molar-refractivity contribution in [1.82, 2.24) is 15.5 Å².